The Balaban J connectivity index is 1.77. The molecule has 0 bridgehead atoms. The fraction of sp³-hybridized carbons (Fsp3) is 0.214. The number of aryl methyl sites for hydroxylation is 1. The number of phenols is 1. The summed E-state index contributed by atoms with van der Waals surface area (Å²) in [6.07, 6.45) is 0.950. The first-order valence-electron chi connectivity index (χ1n) is 5.81. The quantitative estimate of drug-likeness (QED) is 0.869. The van der Waals surface area contributed by atoms with Crippen LogP contribution in [0, 0.1) is 0 Å². The van der Waals surface area contributed by atoms with Crippen LogP contribution in [0.4, 0.5) is 0 Å². The van der Waals surface area contributed by atoms with Crippen molar-refractivity contribution in [3.63, 3.8) is 0 Å². The summed E-state index contributed by atoms with van der Waals surface area (Å²) in [7, 11) is 0. The zero-order chi connectivity index (χ0) is 12.8. The van der Waals surface area contributed by atoms with Crippen LogP contribution in [0.15, 0.2) is 41.8 Å². The Morgan fingerprint density at radius 2 is 2.06 bits per heavy atom. The highest BCUT2D eigenvalue weighted by molar-refractivity contribution is 7.09. The maximum atomic E-state index is 11.6. The normalized spacial score (nSPS) is 10.2. The third kappa shape index (κ3) is 3.60. The van der Waals surface area contributed by atoms with Gasteiger partial charge in [0.2, 0.25) is 5.91 Å². The van der Waals surface area contributed by atoms with Gasteiger partial charge in [0.15, 0.2) is 0 Å². The zero-order valence-electron chi connectivity index (χ0n) is 9.93. The highest BCUT2D eigenvalue weighted by Crippen LogP contribution is 2.17. The van der Waals surface area contributed by atoms with Crippen molar-refractivity contribution in [2.75, 3.05) is 0 Å². The van der Waals surface area contributed by atoms with E-state index in [4.69, 9.17) is 0 Å². The molecule has 3 nitrogen and oxygen atoms in total. The topological polar surface area (TPSA) is 49.3 Å². The van der Waals surface area contributed by atoms with E-state index >= 15 is 0 Å². The summed E-state index contributed by atoms with van der Waals surface area (Å²) in [5.74, 6) is 0.259. The molecular weight excluding hydrogens is 246 g/mol. The van der Waals surface area contributed by atoms with Crippen molar-refractivity contribution in [1.82, 2.24) is 5.32 Å². The van der Waals surface area contributed by atoms with Crippen molar-refractivity contribution in [2.45, 2.75) is 19.4 Å². The lowest BCUT2D eigenvalue weighted by Gasteiger charge is -2.05. The number of amides is 1. The Kier molecular flexibility index (Phi) is 4.36. The Morgan fingerprint density at radius 3 is 2.78 bits per heavy atom. The number of para-hydroxylation sites is 1. The van der Waals surface area contributed by atoms with Gasteiger partial charge in [-0.2, -0.15) is 0 Å². The first-order valence-corrected chi connectivity index (χ1v) is 6.69. The van der Waals surface area contributed by atoms with E-state index in [0.717, 1.165) is 10.4 Å². The summed E-state index contributed by atoms with van der Waals surface area (Å²) in [4.78, 5) is 12.8. The third-order valence-electron chi connectivity index (χ3n) is 2.65. The summed E-state index contributed by atoms with van der Waals surface area (Å²) < 4.78 is 0. The van der Waals surface area contributed by atoms with Crippen LogP contribution >= 0.6 is 11.3 Å². The van der Waals surface area contributed by atoms with Gasteiger partial charge in [0, 0.05) is 11.3 Å². The summed E-state index contributed by atoms with van der Waals surface area (Å²) >= 11 is 1.63. The van der Waals surface area contributed by atoms with Crippen LogP contribution in [0.2, 0.25) is 0 Å². The molecule has 1 amide bonds. The molecule has 4 heteroatoms. The predicted octanol–water partition coefficient (Wildman–Crippen LogP) is 2.70. The maximum absolute atomic E-state index is 11.6. The van der Waals surface area contributed by atoms with Crippen LogP contribution in [0.1, 0.15) is 16.9 Å². The zero-order valence-corrected chi connectivity index (χ0v) is 10.7. The average molecular weight is 261 g/mol. The SMILES string of the molecule is O=C(CCc1ccccc1O)NCc1cccs1. The summed E-state index contributed by atoms with van der Waals surface area (Å²) in [5, 5.41) is 14.4. The minimum absolute atomic E-state index is 0.00616. The van der Waals surface area contributed by atoms with Gasteiger partial charge in [0.25, 0.3) is 0 Å². The van der Waals surface area contributed by atoms with E-state index in [-0.39, 0.29) is 11.7 Å². The van der Waals surface area contributed by atoms with E-state index in [2.05, 4.69) is 5.32 Å². The van der Waals surface area contributed by atoms with Crippen LogP contribution < -0.4 is 5.32 Å². The number of hydrogen-bond donors (Lipinski definition) is 2. The largest absolute Gasteiger partial charge is 0.508 e. The fourth-order valence-corrected chi connectivity index (χ4v) is 2.30. The van der Waals surface area contributed by atoms with Crippen molar-refractivity contribution >= 4 is 17.2 Å². The minimum Gasteiger partial charge on any atom is -0.508 e. The monoisotopic (exact) mass is 261 g/mol. The maximum Gasteiger partial charge on any atom is 0.220 e. The van der Waals surface area contributed by atoms with Gasteiger partial charge in [0.05, 0.1) is 6.54 Å². The van der Waals surface area contributed by atoms with Crippen molar-refractivity contribution in [3.8, 4) is 5.75 Å². The van der Waals surface area contributed by atoms with E-state index in [1.807, 2.05) is 29.6 Å². The summed E-state index contributed by atoms with van der Waals surface area (Å²) in [5.41, 5.74) is 0.809. The lowest BCUT2D eigenvalue weighted by molar-refractivity contribution is -0.121. The average Bonchev–Trinajstić information content (AvgIpc) is 2.88. The molecule has 0 saturated heterocycles. The molecule has 18 heavy (non-hydrogen) atoms. The molecule has 0 saturated carbocycles. The lowest BCUT2D eigenvalue weighted by atomic mass is 10.1. The highest BCUT2D eigenvalue weighted by atomic mass is 32.1. The summed E-state index contributed by atoms with van der Waals surface area (Å²) in [6, 6.07) is 11.1. The standard InChI is InChI=1S/C14H15NO2S/c16-13-6-2-1-4-11(13)7-8-14(17)15-10-12-5-3-9-18-12/h1-6,9,16H,7-8,10H2,(H,15,17). The Labute approximate surface area is 110 Å². The Bertz CT molecular complexity index is 508. The molecule has 0 atom stereocenters. The molecule has 94 valence electrons. The van der Waals surface area contributed by atoms with Gasteiger partial charge in [-0.05, 0) is 29.5 Å². The molecule has 2 aromatic rings. The van der Waals surface area contributed by atoms with Crippen molar-refractivity contribution in [2.24, 2.45) is 0 Å². The number of carbonyl (C=O) groups is 1. The van der Waals surface area contributed by atoms with E-state index < -0.39 is 0 Å². The number of hydrogen-bond acceptors (Lipinski definition) is 3. The van der Waals surface area contributed by atoms with Gasteiger partial charge < -0.3 is 10.4 Å². The Hall–Kier alpha value is -1.81. The highest BCUT2D eigenvalue weighted by Gasteiger charge is 2.05. The molecule has 0 aliphatic rings. The number of phenolic OH excluding ortho intramolecular Hbond substituents is 1. The molecule has 0 spiro atoms. The molecule has 1 aromatic heterocycles. The number of rotatable bonds is 5. The van der Waals surface area contributed by atoms with E-state index in [9.17, 15) is 9.90 Å². The van der Waals surface area contributed by atoms with Crippen LogP contribution in [0.5, 0.6) is 5.75 Å². The van der Waals surface area contributed by atoms with E-state index in [1.165, 1.54) is 0 Å². The van der Waals surface area contributed by atoms with Crippen LogP contribution in [0.25, 0.3) is 0 Å². The molecule has 0 unspecified atom stereocenters. The molecule has 1 aromatic carbocycles. The van der Waals surface area contributed by atoms with Crippen LogP contribution in [-0.2, 0) is 17.8 Å². The first-order chi connectivity index (χ1) is 8.75. The van der Waals surface area contributed by atoms with Crippen LogP contribution in [-0.4, -0.2) is 11.0 Å². The second-order valence-electron chi connectivity index (χ2n) is 3.98. The summed E-state index contributed by atoms with van der Waals surface area (Å²) in [6.45, 7) is 0.581. The number of thiophene rings is 1. The number of benzene rings is 1. The first kappa shape index (κ1) is 12.6. The fourth-order valence-electron chi connectivity index (χ4n) is 1.66. The molecule has 2 rings (SSSR count). The molecule has 2 N–H and O–H groups in total. The van der Waals surface area contributed by atoms with Gasteiger partial charge in [-0.1, -0.05) is 24.3 Å². The van der Waals surface area contributed by atoms with Crippen molar-refractivity contribution in [3.05, 3.63) is 52.2 Å². The second kappa shape index (κ2) is 6.21. The van der Waals surface area contributed by atoms with Crippen molar-refractivity contribution < 1.29 is 9.90 Å². The minimum atomic E-state index is 0.00616. The number of carbonyl (C=O) groups excluding carboxylic acids is 1. The van der Waals surface area contributed by atoms with Crippen molar-refractivity contribution in [1.29, 1.82) is 0 Å². The second-order valence-corrected chi connectivity index (χ2v) is 5.02. The molecule has 0 aliphatic heterocycles. The molecule has 0 aliphatic carbocycles. The van der Waals surface area contributed by atoms with Gasteiger partial charge >= 0.3 is 0 Å². The lowest BCUT2D eigenvalue weighted by Crippen LogP contribution is -2.22. The molecule has 0 fully saturated rings. The molecule has 0 radical (unpaired) electrons. The van der Waals surface area contributed by atoms with Gasteiger partial charge in [-0.25, -0.2) is 0 Å². The van der Waals surface area contributed by atoms with Crippen LogP contribution in [0.3, 0.4) is 0 Å². The third-order valence-corrected chi connectivity index (χ3v) is 3.53. The number of nitrogens with one attached hydrogen (secondary N) is 1. The predicted molar refractivity (Wildman–Crippen MR) is 72.6 cm³/mol. The van der Waals surface area contributed by atoms with Gasteiger partial charge in [-0.3, -0.25) is 4.79 Å². The smallest absolute Gasteiger partial charge is 0.220 e. The Morgan fingerprint density at radius 1 is 1.22 bits per heavy atom. The van der Waals surface area contributed by atoms with Gasteiger partial charge in [-0.15, -0.1) is 11.3 Å². The van der Waals surface area contributed by atoms with E-state index in [1.54, 1.807) is 23.5 Å². The molecular formula is C14H15NO2S. The molecule has 1 heterocycles. The van der Waals surface area contributed by atoms with Gasteiger partial charge in [0.1, 0.15) is 5.75 Å². The number of aromatic hydroxyl groups is 1. The van der Waals surface area contributed by atoms with E-state index in [0.29, 0.717) is 19.4 Å².